The Kier molecular flexibility index (Phi) is 8.68. The van der Waals surface area contributed by atoms with E-state index in [1.165, 1.54) is 6.20 Å². The van der Waals surface area contributed by atoms with E-state index in [-0.39, 0.29) is 30.1 Å². The number of fused-ring (bicyclic) bond motifs is 1. The van der Waals surface area contributed by atoms with Crippen LogP contribution in [-0.4, -0.2) is 55.0 Å². The molecule has 0 saturated carbocycles. The summed E-state index contributed by atoms with van der Waals surface area (Å²) in [7, 11) is 0. The lowest BCUT2D eigenvalue weighted by molar-refractivity contribution is -0.130. The Labute approximate surface area is 204 Å². The van der Waals surface area contributed by atoms with E-state index < -0.39 is 34.2 Å². The number of halogens is 2. The van der Waals surface area contributed by atoms with E-state index in [1.54, 1.807) is 24.1 Å². The van der Waals surface area contributed by atoms with Gasteiger partial charge >= 0.3 is 0 Å². The number of ketones is 1. The predicted octanol–water partition coefficient (Wildman–Crippen LogP) is 4.23. The Balaban J connectivity index is 1.97. The summed E-state index contributed by atoms with van der Waals surface area (Å²) >= 11 is -2.55. The molecule has 0 aliphatic rings. The van der Waals surface area contributed by atoms with Gasteiger partial charge in [0.25, 0.3) is 11.3 Å². The van der Waals surface area contributed by atoms with Crippen molar-refractivity contribution in [2.45, 2.75) is 40.0 Å². The van der Waals surface area contributed by atoms with Crippen molar-refractivity contribution in [3.05, 3.63) is 58.9 Å². The number of anilines is 1. The smallest absolute Gasteiger partial charge is 0.261 e. The predicted molar refractivity (Wildman–Crippen MR) is 131 cm³/mol. The van der Waals surface area contributed by atoms with Crippen LogP contribution < -0.4 is 4.31 Å². The quantitative estimate of drug-likeness (QED) is 0.299. The average Bonchev–Trinajstić information content (AvgIpc) is 3.25. The van der Waals surface area contributed by atoms with Crippen LogP contribution in [0.25, 0.3) is 11.0 Å². The highest BCUT2D eigenvalue weighted by Gasteiger charge is 2.27. The highest BCUT2D eigenvalue weighted by Crippen LogP contribution is 2.30. The zero-order valence-corrected chi connectivity index (χ0v) is 20.6. The maximum absolute atomic E-state index is 15.3. The SMILES string of the molecule is CCCN(c1ccc(F)c(C(=O)c2c[nH]c3ncc(CCC(=O)N(CC)CC)cc23)c1F)S(=O)O. The highest BCUT2D eigenvalue weighted by atomic mass is 32.2. The summed E-state index contributed by atoms with van der Waals surface area (Å²) in [6, 6.07) is 3.61. The molecule has 35 heavy (non-hydrogen) atoms. The first-order valence-corrected chi connectivity index (χ1v) is 12.4. The maximum atomic E-state index is 15.3. The molecule has 1 aromatic carbocycles. The number of aryl methyl sites for hydroxylation is 1. The largest absolute Gasteiger partial charge is 0.345 e. The number of aromatic nitrogens is 2. The second-order valence-electron chi connectivity index (χ2n) is 7.93. The lowest BCUT2D eigenvalue weighted by Crippen LogP contribution is -2.30. The topological polar surface area (TPSA) is 107 Å². The molecular weight excluding hydrogens is 478 g/mol. The zero-order valence-electron chi connectivity index (χ0n) is 19.8. The van der Waals surface area contributed by atoms with Crippen LogP contribution in [0.3, 0.4) is 0 Å². The summed E-state index contributed by atoms with van der Waals surface area (Å²) in [5, 5.41) is 0.364. The van der Waals surface area contributed by atoms with E-state index in [2.05, 4.69) is 9.97 Å². The maximum Gasteiger partial charge on any atom is 0.261 e. The van der Waals surface area contributed by atoms with E-state index in [1.807, 2.05) is 13.8 Å². The molecule has 8 nitrogen and oxygen atoms in total. The van der Waals surface area contributed by atoms with Gasteiger partial charge in [0.2, 0.25) is 11.7 Å². The number of carbonyl (C=O) groups excluding carboxylic acids is 2. The molecule has 2 aromatic heterocycles. The zero-order chi connectivity index (χ0) is 25.7. The molecule has 3 rings (SSSR count). The van der Waals surface area contributed by atoms with Crippen LogP contribution in [0.4, 0.5) is 14.5 Å². The molecular formula is C24H28F2N4O4S. The van der Waals surface area contributed by atoms with Gasteiger partial charge in [-0.15, -0.1) is 0 Å². The minimum Gasteiger partial charge on any atom is -0.345 e. The van der Waals surface area contributed by atoms with E-state index in [0.717, 1.165) is 16.4 Å². The summed E-state index contributed by atoms with van der Waals surface area (Å²) in [5.74, 6) is -3.22. The minimum absolute atomic E-state index is 0.000623. The number of amides is 1. The van der Waals surface area contributed by atoms with Crippen LogP contribution in [0.2, 0.25) is 0 Å². The monoisotopic (exact) mass is 506 g/mol. The number of H-pyrrole nitrogens is 1. The highest BCUT2D eigenvalue weighted by molar-refractivity contribution is 7.80. The number of nitrogens with zero attached hydrogens (tertiary/aromatic N) is 3. The third kappa shape index (κ3) is 5.57. The number of nitrogens with one attached hydrogen (secondary N) is 1. The molecule has 1 atom stereocenters. The first-order chi connectivity index (χ1) is 16.7. The number of pyridine rings is 1. The lowest BCUT2D eigenvalue weighted by atomic mass is 10.00. The summed E-state index contributed by atoms with van der Waals surface area (Å²) in [6.45, 7) is 6.79. The molecule has 3 aromatic rings. The third-order valence-corrected chi connectivity index (χ3v) is 6.51. The van der Waals surface area contributed by atoms with Gasteiger partial charge in [0.1, 0.15) is 11.5 Å². The van der Waals surface area contributed by atoms with E-state index >= 15 is 4.39 Å². The first-order valence-electron chi connectivity index (χ1n) is 11.4. The second-order valence-corrected chi connectivity index (χ2v) is 8.83. The molecule has 2 N–H and O–H groups in total. The van der Waals surface area contributed by atoms with Gasteiger partial charge in [-0.1, -0.05) is 6.92 Å². The van der Waals surface area contributed by atoms with Gasteiger partial charge in [-0.2, -0.15) is 0 Å². The number of aromatic amines is 1. The van der Waals surface area contributed by atoms with Crippen molar-refractivity contribution in [1.29, 1.82) is 0 Å². The number of hydrogen-bond donors (Lipinski definition) is 2. The third-order valence-electron chi connectivity index (χ3n) is 5.76. The van der Waals surface area contributed by atoms with Gasteiger partial charge in [0.15, 0.2) is 5.82 Å². The molecule has 2 heterocycles. The van der Waals surface area contributed by atoms with Crippen LogP contribution in [0, 0.1) is 11.6 Å². The standard InChI is InChI=1S/C24H28F2N4O4S/c1-4-11-30(35(33)34)19-9-8-18(25)21(22(19)26)23(32)17-14-28-24-16(17)12-15(13-27-24)7-10-20(31)29(5-2)6-3/h8-9,12-14H,4-7,10-11H2,1-3H3,(H,27,28)(H,33,34). The van der Waals surface area contributed by atoms with Crippen molar-refractivity contribution in [1.82, 2.24) is 14.9 Å². The molecule has 0 aliphatic carbocycles. The number of rotatable bonds is 11. The fraction of sp³-hybridized carbons (Fsp3) is 0.375. The number of benzene rings is 1. The second kappa shape index (κ2) is 11.5. The van der Waals surface area contributed by atoms with Crippen LogP contribution >= 0.6 is 0 Å². The molecule has 0 fully saturated rings. The summed E-state index contributed by atoms with van der Waals surface area (Å²) < 4.78 is 52.1. The summed E-state index contributed by atoms with van der Waals surface area (Å²) in [6.07, 6.45) is 4.00. The molecule has 1 amide bonds. The Bertz CT molecular complexity index is 1260. The minimum atomic E-state index is -2.55. The van der Waals surface area contributed by atoms with E-state index in [4.69, 9.17) is 0 Å². The molecule has 188 valence electrons. The lowest BCUT2D eigenvalue weighted by Gasteiger charge is -2.20. The molecule has 1 unspecified atom stereocenters. The van der Waals surface area contributed by atoms with Crippen LogP contribution in [0.1, 0.15) is 55.1 Å². The molecule has 0 saturated heterocycles. The van der Waals surface area contributed by atoms with Gasteiger partial charge in [-0.05, 0) is 50.5 Å². The van der Waals surface area contributed by atoms with Crippen LogP contribution in [-0.2, 0) is 22.5 Å². The van der Waals surface area contributed by atoms with Crippen molar-refractivity contribution in [2.75, 3.05) is 23.9 Å². The molecule has 0 aliphatic heterocycles. The Hall–Kier alpha value is -3.18. The fourth-order valence-electron chi connectivity index (χ4n) is 3.92. The van der Waals surface area contributed by atoms with Crippen LogP contribution in [0.5, 0.6) is 0 Å². The van der Waals surface area contributed by atoms with Crippen molar-refractivity contribution in [3.8, 4) is 0 Å². The van der Waals surface area contributed by atoms with E-state index in [9.17, 15) is 22.7 Å². The number of hydrogen-bond acceptors (Lipinski definition) is 4. The van der Waals surface area contributed by atoms with Crippen molar-refractivity contribution >= 4 is 39.7 Å². The van der Waals surface area contributed by atoms with Crippen LogP contribution in [0.15, 0.2) is 30.6 Å². The van der Waals surface area contributed by atoms with Crippen molar-refractivity contribution in [2.24, 2.45) is 0 Å². The van der Waals surface area contributed by atoms with Gasteiger partial charge < -0.3 is 9.88 Å². The average molecular weight is 507 g/mol. The van der Waals surface area contributed by atoms with E-state index in [0.29, 0.717) is 42.5 Å². The Morgan fingerprint density at radius 1 is 1.17 bits per heavy atom. The van der Waals surface area contributed by atoms with Crippen molar-refractivity contribution in [3.63, 3.8) is 0 Å². The van der Waals surface area contributed by atoms with Gasteiger partial charge in [0.05, 0.1) is 11.3 Å². The normalized spacial score (nSPS) is 12.1. The van der Waals surface area contributed by atoms with Crippen molar-refractivity contribution < 1.29 is 27.1 Å². The first kappa shape index (κ1) is 26.4. The summed E-state index contributed by atoms with van der Waals surface area (Å²) in [5.41, 5.74) is -0.103. The Morgan fingerprint density at radius 3 is 2.51 bits per heavy atom. The molecule has 0 radical (unpaired) electrons. The molecule has 0 spiro atoms. The molecule has 11 heteroatoms. The number of carbonyl (C=O) groups is 2. The van der Waals surface area contributed by atoms with Gasteiger partial charge in [-0.25, -0.2) is 18.0 Å². The summed E-state index contributed by atoms with van der Waals surface area (Å²) in [4.78, 5) is 34.4. The Morgan fingerprint density at radius 2 is 1.89 bits per heavy atom. The molecule has 0 bridgehead atoms. The fourth-order valence-corrected chi connectivity index (χ4v) is 4.57. The van der Waals surface area contributed by atoms with Gasteiger partial charge in [-0.3, -0.25) is 18.4 Å². The van der Waals surface area contributed by atoms with Gasteiger partial charge in [0, 0.05) is 49.4 Å².